The summed E-state index contributed by atoms with van der Waals surface area (Å²) in [4.78, 5) is 0. The van der Waals surface area contributed by atoms with Gasteiger partial charge in [-0.3, -0.25) is 0 Å². The molecule has 0 saturated carbocycles. The van der Waals surface area contributed by atoms with E-state index in [0.29, 0.717) is 18.5 Å². The fraction of sp³-hybridized carbons (Fsp3) is 0.875. The smallest absolute Gasteiger partial charge is 0.0843 e. The number of nitriles is 1. The lowest BCUT2D eigenvalue weighted by molar-refractivity contribution is 0.179. The Labute approximate surface area is 67.3 Å². The Morgan fingerprint density at radius 2 is 2.64 bits per heavy atom. The minimum Gasteiger partial charge on any atom is -0.381 e. The number of hydrogen-bond donors (Lipinski definition) is 1. The van der Waals surface area contributed by atoms with Gasteiger partial charge in [0.1, 0.15) is 0 Å². The fourth-order valence-corrected chi connectivity index (χ4v) is 1.32. The van der Waals surface area contributed by atoms with Crippen molar-refractivity contribution in [3.63, 3.8) is 0 Å². The van der Waals surface area contributed by atoms with Gasteiger partial charge in [0.05, 0.1) is 19.2 Å². The molecular weight excluding hydrogens is 140 g/mol. The zero-order valence-electron chi connectivity index (χ0n) is 6.84. The lowest BCUT2D eigenvalue weighted by Crippen LogP contribution is -2.33. The number of nitrogens with one attached hydrogen (secondary N) is 1. The van der Waals surface area contributed by atoms with Crippen molar-refractivity contribution >= 4 is 0 Å². The fourth-order valence-electron chi connectivity index (χ4n) is 1.32. The Balaban J connectivity index is 2.18. The van der Waals surface area contributed by atoms with Crippen LogP contribution in [0.4, 0.5) is 0 Å². The molecule has 0 aromatic heterocycles. The topological polar surface area (TPSA) is 45.0 Å². The summed E-state index contributed by atoms with van der Waals surface area (Å²) in [6.07, 6.45) is 1.12. The van der Waals surface area contributed by atoms with Crippen molar-refractivity contribution in [2.24, 2.45) is 5.92 Å². The van der Waals surface area contributed by atoms with Gasteiger partial charge in [-0.2, -0.15) is 5.26 Å². The third-order valence-corrected chi connectivity index (χ3v) is 2.18. The molecule has 62 valence electrons. The highest BCUT2D eigenvalue weighted by atomic mass is 16.5. The molecule has 0 bridgehead atoms. The lowest BCUT2D eigenvalue weighted by atomic mass is 10.0. The van der Waals surface area contributed by atoms with Crippen LogP contribution in [0.1, 0.15) is 13.3 Å². The van der Waals surface area contributed by atoms with Gasteiger partial charge in [-0.1, -0.05) is 0 Å². The number of ether oxygens (including phenoxy) is 1. The monoisotopic (exact) mass is 154 g/mol. The van der Waals surface area contributed by atoms with E-state index < -0.39 is 0 Å². The van der Waals surface area contributed by atoms with Crippen LogP contribution in [0.25, 0.3) is 0 Å². The van der Waals surface area contributed by atoms with Crippen LogP contribution in [-0.2, 0) is 4.74 Å². The molecule has 1 aliphatic rings. The molecule has 1 N–H and O–H groups in total. The summed E-state index contributed by atoms with van der Waals surface area (Å²) in [6.45, 7) is 4.27. The highest BCUT2D eigenvalue weighted by Crippen LogP contribution is 2.15. The molecule has 0 aromatic rings. The van der Waals surface area contributed by atoms with Crippen molar-refractivity contribution in [1.82, 2.24) is 5.32 Å². The molecular formula is C8H14N2O. The highest BCUT2D eigenvalue weighted by molar-refractivity contribution is 4.81. The van der Waals surface area contributed by atoms with E-state index in [0.717, 1.165) is 19.6 Å². The van der Waals surface area contributed by atoms with Gasteiger partial charge in [0.2, 0.25) is 0 Å². The van der Waals surface area contributed by atoms with Crippen molar-refractivity contribution in [1.29, 1.82) is 5.26 Å². The molecule has 0 aliphatic carbocycles. The van der Waals surface area contributed by atoms with Crippen molar-refractivity contribution in [2.45, 2.75) is 19.4 Å². The average molecular weight is 154 g/mol. The Kier molecular flexibility index (Phi) is 3.34. The van der Waals surface area contributed by atoms with Crippen LogP contribution < -0.4 is 5.32 Å². The standard InChI is InChI=1S/C8H14N2O/c1-7(10-4-3-9)8-2-5-11-6-8/h7-8,10H,2,4-6H2,1H3. The van der Waals surface area contributed by atoms with E-state index >= 15 is 0 Å². The minimum absolute atomic E-state index is 0.414. The molecule has 1 rings (SSSR count). The van der Waals surface area contributed by atoms with Crippen LogP contribution in [0.3, 0.4) is 0 Å². The molecule has 3 nitrogen and oxygen atoms in total. The second-order valence-corrected chi connectivity index (χ2v) is 2.95. The van der Waals surface area contributed by atoms with E-state index in [1.165, 1.54) is 0 Å². The molecule has 1 fully saturated rings. The van der Waals surface area contributed by atoms with Gasteiger partial charge in [-0.15, -0.1) is 0 Å². The van der Waals surface area contributed by atoms with Gasteiger partial charge < -0.3 is 10.1 Å². The zero-order chi connectivity index (χ0) is 8.10. The van der Waals surface area contributed by atoms with Crippen LogP contribution in [0, 0.1) is 17.2 Å². The van der Waals surface area contributed by atoms with E-state index in [4.69, 9.17) is 10.00 Å². The molecule has 1 aliphatic heterocycles. The predicted octanol–water partition coefficient (Wildman–Crippen LogP) is 0.525. The second-order valence-electron chi connectivity index (χ2n) is 2.95. The SMILES string of the molecule is CC(NCC#N)C1CCOC1. The Bertz CT molecular complexity index is 147. The van der Waals surface area contributed by atoms with E-state index in [2.05, 4.69) is 18.3 Å². The first-order chi connectivity index (χ1) is 5.34. The molecule has 0 aromatic carbocycles. The maximum absolute atomic E-state index is 8.31. The lowest BCUT2D eigenvalue weighted by Gasteiger charge is -2.16. The maximum Gasteiger partial charge on any atom is 0.0843 e. The first kappa shape index (κ1) is 8.51. The summed E-state index contributed by atoms with van der Waals surface area (Å²) >= 11 is 0. The number of hydrogen-bond acceptors (Lipinski definition) is 3. The van der Waals surface area contributed by atoms with Gasteiger partial charge >= 0.3 is 0 Å². The Morgan fingerprint density at radius 3 is 3.18 bits per heavy atom. The van der Waals surface area contributed by atoms with E-state index in [1.807, 2.05) is 0 Å². The van der Waals surface area contributed by atoms with Crippen LogP contribution >= 0.6 is 0 Å². The molecule has 2 atom stereocenters. The normalized spacial score (nSPS) is 26.4. The van der Waals surface area contributed by atoms with Crippen LogP contribution in [0.15, 0.2) is 0 Å². The summed E-state index contributed by atoms with van der Waals surface area (Å²) in [5.74, 6) is 0.600. The van der Waals surface area contributed by atoms with E-state index in [9.17, 15) is 0 Å². The van der Waals surface area contributed by atoms with Gasteiger partial charge in [0, 0.05) is 12.6 Å². The van der Waals surface area contributed by atoms with Crippen molar-refractivity contribution in [3.8, 4) is 6.07 Å². The van der Waals surface area contributed by atoms with Crippen molar-refractivity contribution in [3.05, 3.63) is 0 Å². The van der Waals surface area contributed by atoms with Crippen molar-refractivity contribution in [2.75, 3.05) is 19.8 Å². The third-order valence-electron chi connectivity index (χ3n) is 2.18. The van der Waals surface area contributed by atoms with Crippen molar-refractivity contribution < 1.29 is 4.74 Å². The summed E-state index contributed by atoms with van der Waals surface area (Å²) in [6, 6.07) is 2.48. The molecule has 2 unspecified atom stereocenters. The summed E-state index contributed by atoms with van der Waals surface area (Å²) in [7, 11) is 0. The van der Waals surface area contributed by atoms with Crippen LogP contribution in [0.2, 0.25) is 0 Å². The molecule has 11 heavy (non-hydrogen) atoms. The van der Waals surface area contributed by atoms with Gasteiger partial charge in [-0.25, -0.2) is 0 Å². The highest BCUT2D eigenvalue weighted by Gasteiger charge is 2.21. The van der Waals surface area contributed by atoms with Gasteiger partial charge in [0.25, 0.3) is 0 Å². The van der Waals surface area contributed by atoms with Crippen LogP contribution in [0.5, 0.6) is 0 Å². The van der Waals surface area contributed by atoms with E-state index in [1.54, 1.807) is 0 Å². The molecule has 3 heteroatoms. The van der Waals surface area contributed by atoms with Gasteiger partial charge in [0.15, 0.2) is 0 Å². The summed E-state index contributed by atoms with van der Waals surface area (Å²) < 4.78 is 5.24. The maximum atomic E-state index is 8.31. The third kappa shape index (κ3) is 2.49. The minimum atomic E-state index is 0.414. The molecule has 0 spiro atoms. The van der Waals surface area contributed by atoms with E-state index in [-0.39, 0.29) is 0 Å². The van der Waals surface area contributed by atoms with Gasteiger partial charge in [-0.05, 0) is 19.3 Å². The van der Waals surface area contributed by atoms with Crippen LogP contribution in [-0.4, -0.2) is 25.8 Å². The Hall–Kier alpha value is -0.590. The molecule has 1 saturated heterocycles. The quantitative estimate of drug-likeness (QED) is 0.603. The summed E-state index contributed by atoms with van der Waals surface area (Å²) in [5.41, 5.74) is 0. The molecule has 0 amide bonds. The molecule has 1 heterocycles. The zero-order valence-corrected chi connectivity index (χ0v) is 6.84. The second kappa shape index (κ2) is 4.32. The Morgan fingerprint density at radius 1 is 1.82 bits per heavy atom. The number of rotatable bonds is 3. The average Bonchev–Trinajstić information content (AvgIpc) is 2.52. The largest absolute Gasteiger partial charge is 0.381 e. The summed E-state index contributed by atoms with van der Waals surface area (Å²) in [5, 5.41) is 11.4. The first-order valence-electron chi connectivity index (χ1n) is 4.02. The molecule has 0 radical (unpaired) electrons. The number of nitrogens with zero attached hydrogens (tertiary/aromatic N) is 1. The predicted molar refractivity (Wildman–Crippen MR) is 42.0 cm³/mol. The first-order valence-corrected chi connectivity index (χ1v) is 4.02.